The molecule has 2 nitrogen and oxygen atoms in total. The number of para-hydroxylation sites is 4. The van der Waals surface area contributed by atoms with Gasteiger partial charge in [0.2, 0.25) is 0 Å². The van der Waals surface area contributed by atoms with Crippen LogP contribution in [0, 0.1) is 0 Å². The molecule has 52 heavy (non-hydrogen) atoms. The molecule has 0 aliphatic heterocycles. The summed E-state index contributed by atoms with van der Waals surface area (Å²) in [5, 5.41) is 5.41. The molecule has 10 aromatic rings. The Kier molecular flexibility index (Phi) is 6.41. The van der Waals surface area contributed by atoms with Crippen molar-refractivity contribution in [3.63, 3.8) is 0 Å². The molecular formula is C50H34N2. The number of aromatic nitrogens is 2. The molecule has 8 aromatic carbocycles. The van der Waals surface area contributed by atoms with Gasteiger partial charge in [0.1, 0.15) is 0 Å². The Bertz CT molecular complexity index is 2990. The van der Waals surface area contributed by atoms with Crippen LogP contribution in [0.25, 0.3) is 77.2 Å². The van der Waals surface area contributed by atoms with Crippen molar-refractivity contribution in [2.45, 2.75) is 12.8 Å². The van der Waals surface area contributed by atoms with Gasteiger partial charge >= 0.3 is 0 Å². The normalized spacial score (nSPS) is 12.5. The summed E-state index contributed by atoms with van der Waals surface area (Å²) in [6.07, 6.45) is 2.03. The maximum Gasteiger partial charge on any atom is 0.0582 e. The van der Waals surface area contributed by atoms with Crippen molar-refractivity contribution in [3.8, 4) is 33.6 Å². The van der Waals surface area contributed by atoms with Crippen LogP contribution in [-0.4, -0.2) is 9.13 Å². The van der Waals surface area contributed by atoms with Crippen molar-refractivity contribution in [2.75, 3.05) is 0 Å². The van der Waals surface area contributed by atoms with Gasteiger partial charge in [0.15, 0.2) is 0 Å². The van der Waals surface area contributed by atoms with Crippen molar-refractivity contribution in [1.82, 2.24) is 9.13 Å². The lowest BCUT2D eigenvalue weighted by Crippen LogP contribution is -1.96. The van der Waals surface area contributed by atoms with Crippen molar-refractivity contribution in [1.29, 1.82) is 0 Å². The van der Waals surface area contributed by atoms with Gasteiger partial charge in [-0.3, -0.25) is 0 Å². The highest BCUT2D eigenvalue weighted by Gasteiger charge is 2.25. The molecule has 0 unspecified atom stereocenters. The van der Waals surface area contributed by atoms with Crippen molar-refractivity contribution >= 4 is 43.6 Å². The van der Waals surface area contributed by atoms with Gasteiger partial charge in [0, 0.05) is 39.3 Å². The number of benzene rings is 8. The zero-order valence-corrected chi connectivity index (χ0v) is 28.6. The van der Waals surface area contributed by atoms with E-state index in [0.29, 0.717) is 0 Å². The third kappa shape index (κ3) is 4.25. The first-order valence-corrected chi connectivity index (χ1v) is 18.2. The second-order valence-electron chi connectivity index (χ2n) is 14.0. The number of hydrogen-bond acceptors (Lipinski definition) is 0. The standard InChI is InChI=1S/2C25H17N/c1-2-9-18(10-3-1)26-23-13-7-6-12-21(23)25-22-16-17-8-4-5-11-19(17)20(22)14-15-24(25)26;1-2-9-18(10-3-1)26-24-13-7-6-12-21(24)22-15-14-20-19-11-5-4-8-17(19)16-23(20)25(22)26/h2*1-15H,16H2. The predicted molar refractivity (Wildman–Crippen MR) is 218 cm³/mol. The molecule has 2 aliphatic rings. The Morgan fingerprint density at radius 3 is 1.50 bits per heavy atom. The lowest BCUT2D eigenvalue weighted by molar-refractivity contribution is 1.15. The summed E-state index contributed by atoms with van der Waals surface area (Å²) >= 11 is 0. The van der Waals surface area contributed by atoms with Gasteiger partial charge in [0.05, 0.1) is 22.1 Å². The van der Waals surface area contributed by atoms with E-state index >= 15 is 0 Å². The van der Waals surface area contributed by atoms with Crippen molar-refractivity contribution in [2.24, 2.45) is 0 Å². The molecule has 0 bridgehead atoms. The SMILES string of the molecule is c1ccc(-n2c3ccccc3c3c4c(ccc32)-c2ccccc2C4)cc1.c1ccc(-n2c3ccccc3c3ccc4c(c32)Cc2ccccc2-4)cc1. The van der Waals surface area contributed by atoms with E-state index in [1.165, 1.54) is 99.5 Å². The summed E-state index contributed by atoms with van der Waals surface area (Å²) in [6, 6.07) is 65.8. The Morgan fingerprint density at radius 2 is 0.808 bits per heavy atom. The smallest absolute Gasteiger partial charge is 0.0582 e. The van der Waals surface area contributed by atoms with Gasteiger partial charge in [-0.05, 0) is 93.4 Å². The van der Waals surface area contributed by atoms with E-state index in [9.17, 15) is 0 Å². The largest absolute Gasteiger partial charge is 0.309 e. The van der Waals surface area contributed by atoms with Crippen LogP contribution >= 0.6 is 0 Å². The van der Waals surface area contributed by atoms with Crippen LogP contribution in [0.4, 0.5) is 0 Å². The van der Waals surface area contributed by atoms with Crippen LogP contribution in [0.3, 0.4) is 0 Å². The third-order valence-electron chi connectivity index (χ3n) is 11.3. The van der Waals surface area contributed by atoms with Gasteiger partial charge < -0.3 is 9.13 Å². The zero-order chi connectivity index (χ0) is 34.2. The third-order valence-corrected chi connectivity index (χ3v) is 11.3. The lowest BCUT2D eigenvalue weighted by atomic mass is 10.0. The molecule has 0 atom stereocenters. The van der Waals surface area contributed by atoms with E-state index < -0.39 is 0 Å². The second-order valence-corrected chi connectivity index (χ2v) is 14.0. The summed E-state index contributed by atoms with van der Waals surface area (Å²) in [5.41, 5.74) is 19.0. The maximum absolute atomic E-state index is 2.44. The Hall–Kier alpha value is -6.64. The summed E-state index contributed by atoms with van der Waals surface area (Å²) in [5.74, 6) is 0. The average molecular weight is 663 g/mol. The Morgan fingerprint density at radius 1 is 0.308 bits per heavy atom. The monoisotopic (exact) mass is 662 g/mol. The molecule has 0 amide bonds. The highest BCUT2D eigenvalue weighted by Crippen LogP contribution is 2.45. The quantitative estimate of drug-likeness (QED) is 0.174. The molecule has 0 spiro atoms. The molecule has 2 heterocycles. The Balaban J connectivity index is 0.000000123. The lowest BCUT2D eigenvalue weighted by Gasteiger charge is -2.10. The topological polar surface area (TPSA) is 9.86 Å². The minimum Gasteiger partial charge on any atom is -0.309 e. The molecular weight excluding hydrogens is 629 g/mol. The minimum absolute atomic E-state index is 1.01. The van der Waals surface area contributed by atoms with Gasteiger partial charge in [-0.1, -0.05) is 140 Å². The van der Waals surface area contributed by atoms with Crippen molar-refractivity contribution < 1.29 is 0 Å². The molecule has 0 saturated heterocycles. The number of rotatable bonds is 2. The molecule has 2 aliphatic carbocycles. The van der Waals surface area contributed by atoms with E-state index in [4.69, 9.17) is 0 Å². The van der Waals surface area contributed by atoms with Crippen molar-refractivity contribution in [3.05, 3.63) is 204 Å². The summed E-state index contributed by atoms with van der Waals surface area (Å²) < 4.78 is 4.84. The zero-order valence-electron chi connectivity index (χ0n) is 28.6. The van der Waals surface area contributed by atoms with Gasteiger partial charge in [-0.25, -0.2) is 0 Å². The molecule has 12 rings (SSSR count). The van der Waals surface area contributed by atoms with Gasteiger partial charge in [-0.15, -0.1) is 0 Å². The van der Waals surface area contributed by atoms with Crippen LogP contribution in [0.15, 0.2) is 182 Å². The molecule has 0 N–H and O–H groups in total. The fourth-order valence-corrected chi connectivity index (χ4v) is 9.08. The maximum atomic E-state index is 2.44. The molecule has 0 radical (unpaired) electrons. The molecule has 2 heteroatoms. The van der Waals surface area contributed by atoms with E-state index in [1.54, 1.807) is 0 Å². The van der Waals surface area contributed by atoms with Crippen LogP contribution < -0.4 is 0 Å². The highest BCUT2D eigenvalue weighted by molar-refractivity contribution is 6.14. The second kappa shape index (κ2) is 11.4. The predicted octanol–water partition coefficient (Wildman–Crippen LogP) is 12.7. The molecule has 244 valence electrons. The first-order valence-electron chi connectivity index (χ1n) is 18.2. The molecule has 2 aromatic heterocycles. The highest BCUT2D eigenvalue weighted by atomic mass is 15.0. The van der Waals surface area contributed by atoms with E-state index in [1.807, 2.05) is 0 Å². The Labute approximate surface area is 302 Å². The average Bonchev–Trinajstić information content (AvgIpc) is 3.96. The molecule has 0 saturated carbocycles. The minimum atomic E-state index is 1.01. The van der Waals surface area contributed by atoms with E-state index in [-0.39, 0.29) is 0 Å². The van der Waals surface area contributed by atoms with Crippen LogP contribution in [-0.2, 0) is 12.8 Å². The van der Waals surface area contributed by atoms with Gasteiger partial charge in [-0.2, -0.15) is 0 Å². The van der Waals surface area contributed by atoms with E-state index in [0.717, 1.165) is 12.8 Å². The summed E-state index contributed by atoms with van der Waals surface area (Å²) in [7, 11) is 0. The van der Waals surface area contributed by atoms with Crippen LogP contribution in [0.1, 0.15) is 22.3 Å². The number of hydrogen-bond donors (Lipinski definition) is 0. The summed E-state index contributed by atoms with van der Waals surface area (Å²) in [4.78, 5) is 0. The molecule has 0 fully saturated rings. The first-order chi connectivity index (χ1) is 25.8. The van der Waals surface area contributed by atoms with Crippen LogP contribution in [0.5, 0.6) is 0 Å². The summed E-state index contributed by atoms with van der Waals surface area (Å²) in [6.45, 7) is 0. The fourth-order valence-electron chi connectivity index (χ4n) is 9.08. The first kappa shape index (κ1) is 29.1. The number of fused-ring (bicyclic) bond motifs is 14. The number of nitrogens with zero attached hydrogens (tertiary/aromatic N) is 2. The van der Waals surface area contributed by atoms with Crippen LogP contribution in [0.2, 0.25) is 0 Å². The van der Waals surface area contributed by atoms with Gasteiger partial charge in [0.25, 0.3) is 0 Å². The fraction of sp³-hybridized carbons (Fsp3) is 0.0400. The van der Waals surface area contributed by atoms with E-state index in [2.05, 4.69) is 191 Å².